The van der Waals surface area contributed by atoms with Crippen LogP contribution in [0.15, 0.2) is 34.7 Å². The first-order chi connectivity index (χ1) is 14.1. The zero-order valence-corrected chi connectivity index (χ0v) is 17.6. The molecule has 2 heterocycles. The number of hydrogen-bond donors (Lipinski definition) is 1. The monoisotopic (exact) mass is 404 g/mol. The van der Waals surface area contributed by atoms with E-state index in [1.54, 1.807) is 21.3 Å². The van der Waals surface area contributed by atoms with E-state index in [1.807, 2.05) is 30.3 Å². The van der Waals surface area contributed by atoms with Crippen LogP contribution in [0, 0.1) is 0 Å². The third-order valence-electron chi connectivity index (χ3n) is 5.33. The maximum atomic E-state index is 9.59. The Balaban J connectivity index is 1.64. The highest BCUT2D eigenvalue weighted by Crippen LogP contribution is 2.25. The second kappa shape index (κ2) is 10.6. The van der Waals surface area contributed by atoms with Crippen molar-refractivity contribution in [1.29, 1.82) is 0 Å². The van der Waals surface area contributed by atoms with Crippen molar-refractivity contribution in [3.05, 3.63) is 47.4 Å². The van der Waals surface area contributed by atoms with Gasteiger partial charge in [-0.2, -0.15) is 0 Å². The summed E-state index contributed by atoms with van der Waals surface area (Å²) < 4.78 is 21.8. The van der Waals surface area contributed by atoms with E-state index < -0.39 is 0 Å². The first kappa shape index (κ1) is 21.6. The van der Waals surface area contributed by atoms with E-state index in [1.165, 1.54) is 0 Å². The molecule has 29 heavy (non-hydrogen) atoms. The van der Waals surface area contributed by atoms with Crippen LogP contribution >= 0.6 is 0 Å². The van der Waals surface area contributed by atoms with E-state index in [0.29, 0.717) is 6.61 Å². The van der Waals surface area contributed by atoms with Crippen molar-refractivity contribution in [1.82, 2.24) is 9.80 Å². The van der Waals surface area contributed by atoms with E-state index in [2.05, 4.69) is 9.80 Å². The molecule has 7 heteroatoms. The molecule has 1 aromatic heterocycles. The van der Waals surface area contributed by atoms with Crippen LogP contribution in [0.2, 0.25) is 0 Å². The van der Waals surface area contributed by atoms with Gasteiger partial charge in [-0.25, -0.2) is 0 Å². The van der Waals surface area contributed by atoms with Gasteiger partial charge in [-0.05, 0) is 36.2 Å². The molecule has 0 amide bonds. The Labute approximate surface area is 172 Å². The van der Waals surface area contributed by atoms with Crippen molar-refractivity contribution >= 4 is 0 Å². The minimum Gasteiger partial charge on any atom is -0.497 e. The molecule has 0 aliphatic carbocycles. The number of methoxy groups -OCH3 is 3. The summed E-state index contributed by atoms with van der Waals surface area (Å²) in [7, 11) is 5.00. The smallest absolute Gasteiger partial charge is 0.129 e. The summed E-state index contributed by atoms with van der Waals surface area (Å²) in [5.74, 6) is 3.38. The fourth-order valence-corrected chi connectivity index (χ4v) is 3.87. The van der Waals surface area contributed by atoms with E-state index in [4.69, 9.17) is 18.6 Å². The Morgan fingerprint density at radius 2 is 1.72 bits per heavy atom. The first-order valence-corrected chi connectivity index (χ1v) is 10.0. The molecule has 0 saturated carbocycles. The van der Waals surface area contributed by atoms with Gasteiger partial charge in [-0.1, -0.05) is 0 Å². The molecule has 160 valence electrons. The van der Waals surface area contributed by atoms with Gasteiger partial charge in [-0.3, -0.25) is 9.80 Å². The van der Waals surface area contributed by atoms with Crippen LogP contribution < -0.4 is 9.47 Å². The Bertz CT molecular complexity index is 741. The van der Waals surface area contributed by atoms with Crippen molar-refractivity contribution in [3.63, 3.8) is 0 Å². The second-order valence-corrected chi connectivity index (χ2v) is 7.39. The summed E-state index contributed by atoms with van der Waals surface area (Å²) in [6.45, 7) is 5.00. The van der Waals surface area contributed by atoms with Gasteiger partial charge in [0, 0.05) is 52.0 Å². The summed E-state index contributed by atoms with van der Waals surface area (Å²) >= 11 is 0. The minimum atomic E-state index is 0.176. The number of hydrogen-bond acceptors (Lipinski definition) is 7. The Kier molecular flexibility index (Phi) is 7.94. The molecular formula is C22H32N2O5. The maximum absolute atomic E-state index is 9.59. The van der Waals surface area contributed by atoms with Crippen LogP contribution in [0.1, 0.15) is 23.5 Å². The molecular weight excluding hydrogens is 372 g/mol. The largest absolute Gasteiger partial charge is 0.497 e. The van der Waals surface area contributed by atoms with Crippen LogP contribution in [0.5, 0.6) is 11.5 Å². The molecule has 1 atom stereocenters. The molecule has 7 nitrogen and oxygen atoms in total. The highest BCUT2D eigenvalue weighted by molar-refractivity contribution is 5.38. The van der Waals surface area contributed by atoms with Gasteiger partial charge in [0.05, 0.1) is 20.8 Å². The zero-order valence-electron chi connectivity index (χ0n) is 17.6. The Hall–Kier alpha value is -2.06. The molecule has 1 fully saturated rings. The fraction of sp³-hybridized carbons (Fsp3) is 0.545. The Morgan fingerprint density at radius 1 is 1.00 bits per heavy atom. The molecule has 0 unspecified atom stereocenters. The Morgan fingerprint density at radius 3 is 2.38 bits per heavy atom. The zero-order chi connectivity index (χ0) is 20.6. The van der Waals surface area contributed by atoms with Crippen molar-refractivity contribution < 1.29 is 23.7 Å². The van der Waals surface area contributed by atoms with Crippen molar-refractivity contribution in [2.24, 2.45) is 0 Å². The summed E-state index contributed by atoms with van der Waals surface area (Å²) in [4.78, 5) is 4.82. The van der Waals surface area contributed by atoms with Gasteiger partial charge in [0.2, 0.25) is 0 Å². The SMILES string of the molecule is COCc1ccc(CN2CCN(Cc3cc(OC)cc(OC)c3)[C@H](CCO)C2)o1. The fourth-order valence-electron chi connectivity index (χ4n) is 3.87. The van der Waals surface area contributed by atoms with Crippen LogP contribution in [-0.2, 0) is 24.4 Å². The molecule has 2 aromatic rings. The van der Waals surface area contributed by atoms with Crippen LogP contribution in [0.3, 0.4) is 0 Å². The maximum Gasteiger partial charge on any atom is 0.129 e. The summed E-state index contributed by atoms with van der Waals surface area (Å²) in [6.07, 6.45) is 0.741. The molecule has 3 rings (SSSR count). The first-order valence-electron chi connectivity index (χ1n) is 10.0. The third-order valence-corrected chi connectivity index (χ3v) is 5.33. The lowest BCUT2D eigenvalue weighted by Gasteiger charge is -2.41. The molecule has 1 aliphatic heterocycles. The summed E-state index contributed by atoms with van der Waals surface area (Å²) in [5, 5.41) is 9.59. The van der Waals surface area contributed by atoms with Crippen molar-refractivity contribution in [2.45, 2.75) is 32.2 Å². The van der Waals surface area contributed by atoms with Crippen molar-refractivity contribution in [2.75, 3.05) is 47.6 Å². The van der Waals surface area contributed by atoms with E-state index in [0.717, 1.165) is 67.7 Å². The second-order valence-electron chi connectivity index (χ2n) is 7.39. The lowest BCUT2D eigenvalue weighted by atomic mass is 10.1. The van der Waals surface area contributed by atoms with Gasteiger partial charge in [-0.15, -0.1) is 0 Å². The third kappa shape index (κ3) is 5.96. The van der Waals surface area contributed by atoms with Crippen LogP contribution in [-0.4, -0.2) is 68.5 Å². The highest BCUT2D eigenvalue weighted by Gasteiger charge is 2.27. The van der Waals surface area contributed by atoms with Gasteiger partial charge in [0.1, 0.15) is 29.6 Å². The van der Waals surface area contributed by atoms with Crippen LogP contribution in [0.25, 0.3) is 0 Å². The quantitative estimate of drug-likeness (QED) is 0.653. The molecule has 1 saturated heterocycles. The lowest BCUT2D eigenvalue weighted by molar-refractivity contribution is 0.0462. The van der Waals surface area contributed by atoms with Crippen LogP contribution in [0.4, 0.5) is 0 Å². The van der Waals surface area contributed by atoms with E-state index in [-0.39, 0.29) is 12.6 Å². The highest BCUT2D eigenvalue weighted by atomic mass is 16.5. The topological polar surface area (TPSA) is 67.5 Å². The van der Waals surface area contributed by atoms with Crippen molar-refractivity contribution in [3.8, 4) is 11.5 Å². The molecule has 0 bridgehead atoms. The predicted molar refractivity (Wildman–Crippen MR) is 110 cm³/mol. The lowest BCUT2D eigenvalue weighted by Crippen LogP contribution is -2.52. The number of piperazine rings is 1. The predicted octanol–water partition coefficient (Wildman–Crippen LogP) is 2.51. The molecule has 0 radical (unpaired) electrons. The van der Waals surface area contributed by atoms with E-state index in [9.17, 15) is 5.11 Å². The average molecular weight is 405 g/mol. The molecule has 1 aromatic carbocycles. The number of rotatable bonds is 10. The van der Waals surface area contributed by atoms with Gasteiger partial charge in [0.25, 0.3) is 0 Å². The number of aliphatic hydroxyl groups is 1. The normalized spacial score (nSPS) is 18.1. The number of ether oxygens (including phenoxy) is 3. The van der Waals surface area contributed by atoms with E-state index >= 15 is 0 Å². The standard InChI is InChI=1S/C22H32N2O5/c1-26-16-20-5-4-19(29-20)15-23-7-8-24(18(14-23)6-9-25)13-17-10-21(27-2)12-22(11-17)28-3/h4-5,10-12,18,25H,6-9,13-16H2,1-3H3/t18-/m1/s1. The molecule has 1 aliphatic rings. The number of aliphatic hydroxyl groups excluding tert-OH is 1. The average Bonchev–Trinajstić information content (AvgIpc) is 3.17. The minimum absolute atomic E-state index is 0.176. The summed E-state index contributed by atoms with van der Waals surface area (Å²) in [5.41, 5.74) is 1.15. The van der Waals surface area contributed by atoms with Gasteiger partial charge < -0.3 is 23.7 Å². The molecule has 0 spiro atoms. The van der Waals surface area contributed by atoms with Gasteiger partial charge >= 0.3 is 0 Å². The number of nitrogens with zero attached hydrogens (tertiary/aromatic N) is 2. The summed E-state index contributed by atoms with van der Waals surface area (Å²) in [6, 6.07) is 10.2. The number of benzene rings is 1. The molecule has 1 N–H and O–H groups in total. The number of furan rings is 1. The van der Waals surface area contributed by atoms with Gasteiger partial charge in [0.15, 0.2) is 0 Å².